The summed E-state index contributed by atoms with van der Waals surface area (Å²) in [5.41, 5.74) is 2.12. The van der Waals surface area contributed by atoms with E-state index in [0.29, 0.717) is 0 Å². The first-order chi connectivity index (χ1) is 6.65. The van der Waals surface area contributed by atoms with Gasteiger partial charge < -0.3 is 10.6 Å². The van der Waals surface area contributed by atoms with E-state index in [2.05, 4.69) is 10.6 Å². The lowest BCUT2D eigenvalue weighted by molar-refractivity contribution is -0.118. The number of rotatable bonds is 4. The normalized spacial score (nSPS) is 17.2. The Bertz CT molecular complexity index is 245. The molecule has 1 heterocycles. The molecule has 1 amide bonds. The molecule has 1 saturated heterocycles. The van der Waals surface area contributed by atoms with Crippen LogP contribution < -0.4 is 10.6 Å². The number of carbonyl (C=O) groups excluding carboxylic acids is 1. The molecule has 0 bridgehead atoms. The molecular weight excluding hydrogens is 196 g/mol. The third-order valence-electron chi connectivity index (χ3n) is 2.34. The predicted octanol–water partition coefficient (Wildman–Crippen LogP) is 0.774. The monoisotopic (exact) mass is 214 g/mol. The number of nitrogens with one attached hydrogen (secondary N) is 2. The van der Waals surface area contributed by atoms with Gasteiger partial charge in [-0.3, -0.25) is 4.79 Å². The molecule has 14 heavy (non-hydrogen) atoms. The summed E-state index contributed by atoms with van der Waals surface area (Å²) in [7, 11) is 0. The Balaban J connectivity index is 2.41. The average Bonchev–Trinajstić information content (AvgIpc) is 2.01. The highest BCUT2D eigenvalue weighted by Gasteiger charge is 2.16. The summed E-state index contributed by atoms with van der Waals surface area (Å²) in [6.45, 7) is 5.68. The molecule has 0 aromatic heterocycles. The van der Waals surface area contributed by atoms with E-state index in [1.807, 2.05) is 20.1 Å². The zero-order valence-electron chi connectivity index (χ0n) is 9.02. The van der Waals surface area contributed by atoms with Gasteiger partial charge in [-0.1, -0.05) is 0 Å². The fourth-order valence-corrected chi connectivity index (χ4v) is 1.88. The standard InChI is InChI=1S/C10H18N2OS/c1-7(6-14-3)12-10(13)8(2)9-4-11-5-9/h7,11H,4-6H2,1-3H3,(H,12,13). The van der Waals surface area contributed by atoms with Crippen molar-refractivity contribution in [2.75, 3.05) is 25.1 Å². The van der Waals surface area contributed by atoms with Gasteiger partial charge in [0.25, 0.3) is 0 Å². The van der Waals surface area contributed by atoms with Crippen molar-refractivity contribution < 1.29 is 4.79 Å². The van der Waals surface area contributed by atoms with Crippen LogP contribution in [-0.2, 0) is 4.79 Å². The number of carbonyl (C=O) groups is 1. The van der Waals surface area contributed by atoms with E-state index in [-0.39, 0.29) is 11.9 Å². The van der Waals surface area contributed by atoms with Crippen LogP contribution in [0.3, 0.4) is 0 Å². The van der Waals surface area contributed by atoms with E-state index in [9.17, 15) is 4.79 Å². The number of hydrogen-bond donors (Lipinski definition) is 2. The topological polar surface area (TPSA) is 41.1 Å². The molecular formula is C10H18N2OS. The van der Waals surface area contributed by atoms with Crippen LogP contribution in [0.4, 0.5) is 0 Å². The van der Waals surface area contributed by atoms with E-state index in [1.165, 1.54) is 5.57 Å². The molecule has 0 saturated carbocycles. The molecule has 4 heteroatoms. The molecule has 80 valence electrons. The summed E-state index contributed by atoms with van der Waals surface area (Å²) >= 11 is 1.75. The zero-order chi connectivity index (χ0) is 10.6. The Kier molecular flexibility index (Phi) is 4.48. The van der Waals surface area contributed by atoms with Crippen molar-refractivity contribution in [1.29, 1.82) is 0 Å². The first-order valence-electron chi connectivity index (χ1n) is 4.84. The van der Waals surface area contributed by atoms with Gasteiger partial charge >= 0.3 is 0 Å². The van der Waals surface area contributed by atoms with E-state index >= 15 is 0 Å². The van der Waals surface area contributed by atoms with Crippen LogP contribution in [0.1, 0.15) is 13.8 Å². The highest BCUT2D eigenvalue weighted by atomic mass is 32.2. The van der Waals surface area contributed by atoms with Gasteiger partial charge in [0, 0.05) is 30.5 Å². The van der Waals surface area contributed by atoms with Gasteiger partial charge in [0.1, 0.15) is 0 Å². The van der Waals surface area contributed by atoms with Crippen LogP contribution in [0, 0.1) is 0 Å². The summed E-state index contributed by atoms with van der Waals surface area (Å²) in [6, 6.07) is 0.251. The van der Waals surface area contributed by atoms with Crippen LogP contribution in [0.25, 0.3) is 0 Å². The van der Waals surface area contributed by atoms with Crippen LogP contribution in [-0.4, -0.2) is 37.0 Å². The molecule has 1 unspecified atom stereocenters. The molecule has 0 aliphatic carbocycles. The minimum Gasteiger partial charge on any atom is -0.349 e. The molecule has 1 rings (SSSR count). The highest BCUT2D eigenvalue weighted by molar-refractivity contribution is 7.98. The minimum absolute atomic E-state index is 0.0862. The third kappa shape index (κ3) is 3.03. The molecule has 1 aliphatic rings. The quantitative estimate of drug-likeness (QED) is 0.679. The van der Waals surface area contributed by atoms with Gasteiger partial charge in [0.2, 0.25) is 5.91 Å². The van der Waals surface area contributed by atoms with Gasteiger partial charge in [0.05, 0.1) is 0 Å². The maximum atomic E-state index is 11.7. The Morgan fingerprint density at radius 3 is 2.71 bits per heavy atom. The summed E-state index contributed by atoms with van der Waals surface area (Å²) < 4.78 is 0. The molecule has 0 aromatic carbocycles. The van der Waals surface area contributed by atoms with Crippen molar-refractivity contribution in [1.82, 2.24) is 10.6 Å². The Morgan fingerprint density at radius 2 is 2.29 bits per heavy atom. The number of amides is 1. The molecule has 1 fully saturated rings. The molecule has 1 aliphatic heterocycles. The molecule has 3 nitrogen and oxygen atoms in total. The molecule has 0 spiro atoms. The van der Waals surface area contributed by atoms with Gasteiger partial charge in [0.15, 0.2) is 0 Å². The van der Waals surface area contributed by atoms with Gasteiger partial charge in [-0.2, -0.15) is 11.8 Å². The second kappa shape index (κ2) is 5.41. The van der Waals surface area contributed by atoms with Crippen molar-refractivity contribution in [3.05, 3.63) is 11.1 Å². The smallest absolute Gasteiger partial charge is 0.247 e. The van der Waals surface area contributed by atoms with Crippen LogP contribution >= 0.6 is 11.8 Å². The maximum Gasteiger partial charge on any atom is 0.247 e. The van der Waals surface area contributed by atoms with Crippen LogP contribution in [0.5, 0.6) is 0 Å². The minimum atomic E-state index is 0.0862. The lowest BCUT2D eigenvalue weighted by atomic mass is 10.0. The molecule has 0 radical (unpaired) electrons. The summed E-state index contributed by atoms with van der Waals surface area (Å²) in [5.74, 6) is 1.05. The van der Waals surface area contributed by atoms with Crippen LogP contribution in [0.15, 0.2) is 11.1 Å². The third-order valence-corrected chi connectivity index (χ3v) is 3.18. The van der Waals surface area contributed by atoms with Crippen molar-refractivity contribution in [3.8, 4) is 0 Å². The highest BCUT2D eigenvalue weighted by Crippen LogP contribution is 2.09. The fourth-order valence-electron chi connectivity index (χ4n) is 1.30. The Morgan fingerprint density at radius 1 is 1.64 bits per heavy atom. The second-order valence-corrected chi connectivity index (χ2v) is 4.57. The lowest BCUT2D eigenvalue weighted by Crippen LogP contribution is -2.40. The number of hydrogen-bond acceptors (Lipinski definition) is 3. The van der Waals surface area contributed by atoms with E-state index in [1.54, 1.807) is 11.8 Å². The molecule has 2 N–H and O–H groups in total. The SMILES string of the molecule is CSCC(C)NC(=O)C(C)=C1CNC1. The first-order valence-corrected chi connectivity index (χ1v) is 6.23. The summed E-state index contributed by atoms with van der Waals surface area (Å²) in [6.07, 6.45) is 2.05. The van der Waals surface area contributed by atoms with Crippen molar-refractivity contribution in [3.63, 3.8) is 0 Å². The van der Waals surface area contributed by atoms with Crippen molar-refractivity contribution in [2.45, 2.75) is 19.9 Å². The Labute approximate surface area is 89.7 Å². The Hall–Kier alpha value is -0.480. The van der Waals surface area contributed by atoms with Crippen molar-refractivity contribution >= 4 is 17.7 Å². The zero-order valence-corrected chi connectivity index (χ0v) is 9.83. The first kappa shape index (κ1) is 11.6. The lowest BCUT2D eigenvalue weighted by Gasteiger charge is -2.22. The second-order valence-electron chi connectivity index (χ2n) is 3.66. The van der Waals surface area contributed by atoms with Gasteiger partial charge in [-0.25, -0.2) is 0 Å². The summed E-state index contributed by atoms with van der Waals surface area (Å²) in [4.78, 5) is 11.7. The number of thioether (sulfide) groups is 1. The molecule has 0 aromatic rings. The van der Waals surface area contributed by atoms with E-state index < -0.39 is 0 Å². The fraction of sp³-hybridized carbons (Fsp3) is 0.700. The predicted molar refractivity (Wildman–Crippen MR) is 61.6 cm³/mol. The summed E-state index contributed by atoms with van der Waals surface area (Å²) in [5, 5.41) is 6.12. The van der Waals surface area contributed by atoms with E-state index in [4.69, 9.17) is 0 Å². The largest absolute Gasteiger partial charge is 0.349 e. The van der Waals surface area contributed by atoms with Crippen LogP contribution in [0.2, 0.25) is 0 Å². The van der Waals surface area contributed by atoms with Gasteiger partial charge in [-0.15, -0.1) is 0 Å². The van der Waals surface area contributed by atoms with E-state index in [0.717, 1.165) is 24.4 Å². The average molecular weight is 214 g/mol. The maximum absolute atomic E-state index is 11.7. The molecule has 1 atom stereocenters. The van der Waals surface area contributed by atoms with Crippen molar-refractivity contribution in [2.24, 2.45) is 0 Å². The van der Waals surface area contributed by atoms with Gasteiger partial charge in [-0.05, 0) is 25.7 Å².